The van der Waals surface area contributed by atoms with Gasteiger partial charge < -0.3 is 9.88 Å². The molecule has 6 heteroatoms. The third-order valence-electron chi connectivity index (χ3n) is 5.73. The van der Waals surface area contributed by atoms with E-state index < -0.39 is 0 Å². The van der Waals surface area contributed by atoms with Gasteiger partial charge in [0, 0.05) is 26.2 Å². The largest absolute Gasteiger partial charge is 0.340 e. The van der Waals surface area contributed by atoms with E-state index in [1.54, 1.807) is 0 Å². The molecule has 30 heavy (non-hydrogen) atoms. The molecule has 1 aromatic heterocycles. The van der Waals surface area contributed by atoms with E-state index in [0.29, 0.717) is 0 Å². The lowest BCUT2D eigenvalue weighted by Crippen LogP contribution is -2.48. The summed E-state index contributed by atoms with van der Waals surface area (Å²) in [6.45, 7) is 3.27. The van der Waals surface area contributed by atoms with Gasteiger partial charge >= 0.3 is 0 Å². The SMILES string of the molecule is Fc1ccc(C(c2ccc(F)cc2)N2CCN(c3nc4ccccc4[nH]3)CC2)cc1. The molecule has 4 nitrogen and oxygen atoms in total. The molecule has 0 atom stereocenters. The number of halogens is 2. The minimum Gasteiger partial charge on any atom is -0.340 e. The van der Waals surface area contributed by atoms with Gasteiger partial charge in [-0.25, -0.2) is 13.8 Å². The Labute approximate surface area is 173 Å². The van der Waals surface area contributed by atoms with E-state index in [-0.39, 0.29) is 17.7 Å². The van der Waals surface area contributed by atoms with Crippen LogP contribution in [0.5, 0.6) is 0 Å². The zero-order chi connectivity index (χ0) is 20.5. The average Bonchev–Trinajstić information content (AvgIpc) is 3.21. The Morgan fingerprint density at radius 1 is 0.733 bits per heavy atom. The molecule has 0 saturated carbocycles. The fourth-order valence-corrected chi connectivity index (χ4v) is 4.19. The lowest BCUT2D eigenvalue weighted by Gasteiger charge is -2.39. The second kappa shape index (κ2) is 7.88. The van der Waals surface area contributed by atoms with Gasteiger partial charge in [0.15, 0.2) is 0 Å². The van der Waals surface area contributed by atoms with Crippen molar-refractivity contribution < 1.29 is 8.78 Å². The van der Waals surface area contributed by atoms with E-state index in [0.717, 1.165) is 54.3 Å². The van der Waals surface area contributed by atoms with Crippen molar-refractivity contribution in [2.45, 2.75) is 6.04 Å². The number of rotatable bonds is 4. The van der Waals surface area contributed by atoms with Gasteiger partial charge in [0.25, 0.3) is 0 Å². The van der Waals surface area contributed by atoms with Gasteiger partial charge in [0.2, 0.25) is 5.95 Å². The smallest absolute Gasteiger partial charge is 0.203 e. The quantitative estimate of drug-likeness (QED) is 0.533. The van der Waals surface area contributed by atoms with Gasteiger partial charge in [-0.05, 0) is 47.5 Å². The van der Waals surface area contributed by atoms with Crippen molar-refractivity contribution in [2.75, 3.05) is 31.1 Å². The maximum Gasteiger partial charge on any atom is 0.203 e. The molecule has 5 rings (SSSR count). The van der Waals surface area contributed by atoms with Crippen molar-refractivity contribution in [3.63, 3.8) is 0 Å². The molecule has 1 aliphatic heterocycles. The summed E-state index contributed by atoms with van der Waals surface area (Å²) >= 11 is 0. The van der Waals surface area contributed by atoms with Crippen LogP contribution < -0.4 is 4.90 Å². The number of nitrogens with one attached hydrogen (secondary N) is 1. The second-order valence-electron chi connectivity index (χ2n) is 7.61. The van der Waals surface area contributed by atoms with E-state index in [1.165, 1.54) is 24.3 Å². The first-order chi connectivity index (χ1) is 14.7. The van der Waals surface area contributed by atoms with Crippen LogP contribution in [0.2, 0.25) is 0 Å². The number of hydrogen-bond donors (Lipinski definition) is 1. The zero-order valence-corrected chi connectivity index (χ0v) is 16.4. The summed E-state index contributed by atoms with van der Waals surface area (Å²) < 4.78 is 27.0. The molecule has 1 fully saturated rings. The molecule has 1 N–H and O–H groups in total. The number of aromatic amines is 1. The molecule has 1 saturated heterocycles. The fraction of sp³-hybridized carbons (Fsp3) is 0.208. The van der Waals surface area contributed by atoms with Crippen LogP contribution in [-0.2, 0) is 0 Å². The van der Waals surface area contributed by atoms with Crippen LogP contribution >= 0.6 is 0 Å². The highest BCUT2D eigenvalue weighted by molar-refractivity contribution is 5.77. The third-order valence-corrected chi connectivity index (χ3v) is 5.73. The Balaban J connectivity index is 1.39. The van der Waals surface area contributed by atoms with Gasteiger partial charge in [0.1, 0.15) is 11.6 Å². The maximum atomic E-state index is 13.5. The highest BCUT2D eigenvalue weighted by Gasteiger charge is 2.27. The maximum absolute atomic E-state index is 13.5. The topological polar surface area (TPSA) is 35.2 Å². The van der Waals surface area contributed by atoms with Gasteiger partial charge in [-0.15, -0.1) is 0 Å². The van der Waals surface area contributed by atoms with Gasteiger partial charge in [0.05, 0.1) is 17.1 Å². The van der Waals surface area contributed by atoms with Crippen LogP contribution in [0.25, 0.3) is 11.0 Å². The minimum absolute atomic E-state index is 0.0518. The van der Waals surface area contributed by atoms with Crippen LogP contribution in [0.1, 0.15) is 17.2 Å². The van der Waals surface area contributed by atoms with Crippen molar-refractivity contribution in [1.29, 1.82) is 0 Å². The highest BCUT2D eigenvalue weighted by atomic mass is 19.1. The number of hydrogen-bond acceptors (Lipinski definition) is 3. The molecule has 2 heterocycles. The summed E-state index contributed by atoms with van der Waals surface area (Å²) in [7, 11) is 0. The first kappa shape index (κ1) is 18.8. The number of benzene rings is 3. The lowest BCUT2D eigenvalue weighted by molar-refractivity contribution is 0.211. The van der Waals surface area contributed by atoms with E-state index in [4.69, 9.17) is 4.98 Å². The molecule has 0 bridgehead atoms. The number of fused-ring (bicyclic) bond motifs is 1. The third kappa shape index (κ3) is 3.66. The lowest BCUT2D eigenvalue weighted by atomic mass is 9.96. The van der Waals surface area contributed by atoms with Crippen LogP contribution in [0.4, 0.5) is 14.7 Å². The van der Waals surface area contributed by atoms with E-state index in [2.05, 4.69) is 14.8 Å². The van der Waals surface area contributed by atoms with Gasteiger partial charge in [-0.1, -0.05) is 36.4 Å². The van der Waals surface area contributed by atoms with Crippen LogP contribution in [0.15, 0.2) is 72.8 Å². The normalized spacial score (nSPS) is 15.2. The Morgan fingerprint density at radius 3 is 1.87 bits per heavy atom. The molecule has 4 aromatic rings. The molecule has 0 unspecified atom stereocenters. The van der Waals surface area contributed by atoms with Crippen molar-refractivity contribution in [1.82, 2.24) is 14.9 Å². The van der Waals surface area contributed by atoms with Gasteiger partial charge in [-0.2, -0.15) is 0 Å². The van der Waals surface area contributed by atoms with E-state index >= 15 is 0 Å². The summed E-state index contributed by atoms with van der Waals surface area (Å²) in [5.74, 6) is 0.369. The van der Waals surface area contributed by atoms with Crippen molar-refractivity contribution >= 4 is 17.0 Å². The van der Waals surface area contributed by atoms with Gasteiger partial charge in [-0.3, -0.25) is 4.90 Å². The Kier molecular flexibility index (Phi) is 4.93. The average molecular weight is 404 g/mol. The van der Waals surface area contributed by atoms with Crippen LogP contribution in [0, 0.1) is 11.6 Å². The van der Waals surface area contributed by atoms with Crippen LogP contribution in [0.3, 0.4) is 0 Å². The number of anilines is 1. The minimum atomic E-state index is -0.258. The number of H-pyrrole nitrogens is 1. The molecule has 0 aliphatic carbocycles. The van der Waals surface area contributed by atoms with Crippen molar-refractivity contribution in [2.24, 2.45) is 0 Å². The molecule has 1 aliphatic rings. The first-order valence-electron chi connectivity index (χ1n) is 10.1. The number of para-hydroxylation sites is 2. The summed E-state index contributed by atoms with van der Waals surface area (Å²) in [4.78, 5) is 12.7. The summed E-state index contributed by atoms with van der Waals surface area (Å²) in [6.07, 6.45) is 0. The summed E-state index contributed by atoms with van der Waals surface area (Å²) in [6, 6.07) is 21.2. The van der Waals surface area contributed by atoms with Crippen molar-refractivity contribution in [3.8, 4) is 0 Å². The number of piperazine rings is 1. The van der Waals surface area contributed by atoms with Crippen molar-refractivity contribution in [3.05, 3.63) is 95.6 Å². The molecule has 3 aromatic carbocycles. The fourth-order valence-electron chi connectivity index (χ4n) is 4.19. The van der Waals surface area contributed by atoms with E-state index in [9.17, 15) is 8.78 Å². The van der Waals surface area contributed by atoms with Crippen LogP contribution in [-0.4, -0.2) is 41.0 Å². The Bertz CT molecular complexity index is 1050. The monoisotopic (exact) mass is 404 g/mol. The predicted molar refractivity (Wildman–Crippen MR) is 115 cm³/mol. The first-order valence-corrected chi connectivity index (χ1v) is 10.1. The standard InChI is InChI=1S/C24H22F2N4/c25-19-9-5-17(6-10-19)23(18-7-11-20(26)12-8-18)29-13-15-30(16-14-29)24-27-21-3-1-2-4-22(21)28-24/h1-12,23H,13-16H2,(H,27,28). The Morgan fingerprint density at radius 2 is 1.30 bits per heavy atom. The Hall–Kier alpha value is -3.25. The zero-order valence-electron chi connectivity index (χ0n) is 16.4. The summed E-state index contributed by atoms with van der Waals surface area (Å²) in [5, 5.41) is 0. The molecule has 0 amide bonds. The summed E-state index contributed by atoms with van der Waals surface area (Å²) in [5.41, 5.74) is 4.00. The second-order valence-corrected chi connectivity index (χ2v) is 7.61. The van der Waals surface area contributed by atoms with E-state index in [1.807, 2.05) is 48.5 Å². The molecular weight excluding hydrogens is 382 g/mol. The highest BCUT2D eigenvalue weighted by Crippen LogP contribution is 2.30. The predicted octanol–water partition coefficient (Wildman–Crippen LogP) is 4.75. The molecule has 0 radical (unpaired) electrons. The number of imidazole rings is 1. The molecule has 0 spiro atoms. The molecular formula is C24H22F2N4. The number of aromatic nitrogens is 2. The number of nitrogens with zero attached hydrogens (tertiary/aromatic N) is 3. The molecule has 152 valence electrons.